The molecule has 0 radical (unpaired) electrons. The fraction of sp³-hybridized carbons (Fsp3) is 0.208. The van der Waals surface area contributed by atoms with E-state index in [1.165, 1.54) is 11.1 Å². The average Bonchev–Trinajstić information content (AvgIpc) is 3.27. The summed E-state index contributed by atoms with van der Waals surface area (Å²) in [6.07, 6.45) is 0.712. The van der Waals surface area contributed by atoms with Gasteiger partial charge in [-0.25, -0.2) is 10.9 Å². The maximum absolute atomic E-state index is 12.6. The molecular weight excluding hydrogens is 360 g/mol. The maximum atomic E-state index is 12.6. The van der Waals surface area contributed by atoms with Gasteiger partial charge in [0.2, 0.25) is 5.91 Å². The van der Waals surface area contributed by atoms with Crippen LogP contribution in [0.3, 0.4) is 0 Å². The van der Waals surface area contributed by atoms with Crippen LogP contribution in [0.4, 0.5) is 11.4 Å². The number of nitrogens with one attached hydrogen (secondary N) is 4. The molecule has 1 saturated heterocycles. The SMILES string of the molecule is CC(Nc1ccc(NC(=O)C2CC(c3ccccc3)NN2)cc1)c1ccccc1. The van der Waals surface area contributed by atoms with Crippen LogP contribution in [0.1, 0.15) is 36.6 Å². The lowest BCUT2D eigenvalue weighted by Gasteiger charge is -2.16. The highest BCUT2D eigenvalue weighted by atomic mass is 16.2. The predicted molar refractivity (Wildman–Crippen MR) is 117 cm³/mol. The second-order valence-corrected chi connectivity index (χ2v) is 7.38. The van der Waals surface area contributed by atoms with Crippen molar-refractivity contribution in [2.24, 2.45) is 0 Å². The summed E-state index contributed by atoms with van der Waals surface area (Å²) in [5.74, 6) is -0.0331. The summed E-state index contributed by atoms with van der Waals surface area (Å²) in [7, 11) is 0. The molecule has 1 heterocycles. The number of benzene rings is 3. The third-order valence-electron chi connectivity index (χ3n) is 5.26. The molecule has 5 nitrogen and oxygen atoms in total. The topological polar surface area (TPSA) is 65.2 Å². The molecule has 3 aromatic rings. The summed E-state index contributed by atoms with van der Waals surface area (Å²) in [5, 5.41) is 6.48. The fourth-order valence-electron chi connectivity index (χ4n) is 3.59. The monoisotopic (exact) mass is 386 g/mol. The van der Waals surface area contributed by atoms with Crippen LogP contribution in [0.15, 0.2) is 84.9 Å². The highest BCUT2D eigenvalue weighted by Crippen LogP contribution is 2.24. The first-order chi connectivity index (χ1) is 14.2. The van der Waals surface area contributed by atoms with Crippen molar-refractivity contribution in [3.8, 4) is 0 Å². The Morgan fingerprint density at radius 3 is 2.17 bits per heavy atom. The molecule has 0 spiro atoms. The van der Waals surface area contributed by atoms with Gasteiger partial charge in [-0.1, -0.05) is 60.7 Å². The molecule has 0 saturated carbocycles. The zero-order valence-electron chi connectivity index (χ0n) is 16.4. The summed E-state index contributed by atoms with van der Waals surface area (Å²) < 4.78 is 0. The van der Waals surface area contributed by atoms with Gasteiger partial charge < -0.3 is 10.6 Å². The van der Waals surface area contributed by atoms with Crippen molar-refractivity contribution in [2.45, 2.75) is 31.5 Å². The number of carbonyl (C=O) groups is 1. The Morgan fingerprint density at radius 1 is 0.862 bits per heavy atom. The van der Waals surface area contributed by atoms with Crippen LogP contribution in [0.25, 0.3) is 0 Å². The molecule has 0 aliphatic carbocycles. The maximum Gasteiger partial charge on any atom is 0.242 e. The van der Waals surface area contributed by atoms with E-state index in [1.807, 2.05) is 60.7 Å². The molecule has 0 bridgehead atoms. The minimum atomic E-state index is -0.267. The zero-order valence-corrected chi connectivity index (χ0v) is 16.4. The summed E-state index contributed by atoms with van der Waals surface area (Å²) in [4.78, 5) is 12.6. The highest BCUT2D eigenvalue weighted by Gasteiger charge is 2.30. The number of hydrogen-bond donors (Lipinski definition) is 4. The smallest absolute Gasteiger partial charge is 0.242 e. The second-order valence-electron chi connectivity index (χ2n) is 7.38. The summed E-state index contributed by atoms with van der Waals surface area (Å²) >= 11 is 0. The van der Waals surface area contributed by atoms with Gasteiger partial charge in [0.05, 0.1) is 0 Å². The lowest BCUT2D eigenvalue weighted by molar-refractivity contribution is -0.117. The van der Waals surface area contributed by atoms with E-state index in [9.17, 15) is 4.79 Å². The van der Waals surface area contributed by atoms with Gasteiger partial charge in [0.15, 0.2) is 0 Å². The Labute approximate surface area is 171 Å². The van der Waals surface area contributed by atoms with Gasteiger partial charge in [0.1, 0.15) is 6.04 Å². The normalized spacial score (nSPS) is 19.5. The molecule has 1 fully saturated rings. The first kappa shape index (κ1) is 19.2. The molecule has 3 unspecified atom stereocenters. The van der Waals surface area contributed by atoms with E-state index >= 15 is 0 Å². The van der Waals surface area contributed by atoms with E-state index in [1.54, 1.807) is 0 Å². The van der Waals surface area contributed by atoms with Gasteiger partial charge in [0, 0.05) is 23.5 Å². The van der Waals surface area contributed by atoms with E-state index in [0.717, 1.165) is 11.4 Å². The molecule has 1 amide bonds. The minimum Gasteiger partial charge on any atom is -0.379 e. The molecule has 1 aliphatic heterocycles. The standard InChI is InChI=1S/C24H26N4O/c1-17(18-8-4-2-5-9-18)25-20-12-14-21(15-13-20)26-24(29)23-16-22(27-28-23)19-10-6-3-7-11-19/h2-15,17,22-23,25,27-28H,16H2,1H3,(H,26,29). The summed E-state index contributed by atoms with van der Waals surface area (Å²) in [6, 6.07) is 28.4. The minimum absolute atomic E-state index is 0.0331. The molecule has 4 rings (SSSR count). The Kier molecular flexibility index (Phi) is 5.89. The van der Waals surface area contributed by atoms with Crippen molar-refractivity contribution in [2.75, 3.05) is 10.6 Å². The van der Waals surface area contributed by atoms with Crippen LogP contribution in [-0.4, -0.2) is 11.9 Å². The fourth-order valence-corrected chi connectivity index (χ4v) is 3.59. The summed E-state index contributed by atoms with van der Waals surface area (Å²) in [6.45, 7) is 2.13. The Bertz CT molecular complexity index is 928. The highest BCUT2D eigenvalue weighted by molar-refractivity contribution is 5.95. The molecular formula is C24H26N4O. The van der Waals surface area contributed by atoms with E-state index in [4.69, 9.17) is 0 Å². The van der Waals surface area contributed by atoms with Gasteiger partial charge >= 0.3 is 0 Å². The Hall–Kier alpha value is -3.15. The zero-order chi connectivity index (χ0) is 20.1. The van der Waals surface area contributed by atoms with Gasteiger partial charge in [-0.2, -0.15) is 0 Å². The molecule has 29 heavy (non-hydrogen) atoms. The molecule has 3 atom stereocenters. The van der Waals surface area contributed by atoms with E-state index in [-0.39, 0.29) is 24.0 Å². The van der Waals surface area contributed by atoms with Crippen LogP contribution in [-0.2, 0) is 4.79 Å². The quantitative estimate of drug-likeness (QED) is 0.507. The van der Waals surface area contributed by atoms with E-state index in [0.29, 0.717) is 6.42 Å². The van der Waals surface area contributed by atoms with Gasteiger partial charge in [-0.3, -0.25) is 4.79 Å². The van der Waals surface area contributed by atoms with Crippen LogP contribution >= 0.6 is 0 Å². The van der Waals surface area contributed by atoms with Gasteiger partial charge in [-0.15, -0.1) is 0 Å². The molecule has 148 valence electrons. The molecule has 5 heteroatoms. The number of anilines is 2. The van der Waals surface area contributed by atoms with Crippen LogP contribution in [0, 0.1) is 0 Å². The first-order valence-corrected chi connectivity index (χ1v) is 9.97. The predicted octanol–water partition coefficient (Wildman–Crippen LogP) is 4.41. The van der Waals surface area contributed by atoms with Gasteiger partial charge in [0.25, 0.3) is 0 Å². The first-order valence-electron chi connectivity index (χ1n) is 9.97. The van der Waals surface area contributed by atoms with Crippen molar-refractivity contribution >= 4 is 17.3 Å². The van der Waals surface area contributed by atoms with Gasteiger partial charge in [-0.05, 0) is 48.7 Å². The number of rotatable bonds is 6. The van der Waals surface area contributed by atoms with E-state index in [2.05, 4.69) is 52.7 Å². The molecule has 1 aliphatic rings. The molecule has 3 aromatic carbocycles. The lowest BCUT2D eigenvalue weighted by Crippen LogP contribution is -2.39. The number of carbonyl (C=O) groups excluding carboxylic acids is 1. The summed E-state index contributed by atoms with van der Waals surface area (Å²) in [5.41, 5.74) is 10.5. The van der Waals surface area contributed by atoms with Crippen LogP contribution < -0.4 is 21.5 Å². The number of hydrogen-bond acceptors (Lipinski definition) is 4. The molecule has 4 N–H and O–H groups in total. The van der Waals surface area contributed by atoms with Crippen LogP contribution in [0.2, 0.25) is 0 Å². The van der Waals surface area contributed by atoms with Crippen molar-refractivity contribution in [1.29, 1.82) is 0 Å². The second kappa shape index (κ2) is 8.90. The van der Waals surface area contributed by atoms with Crippen molar-refractivity contribution < 1.29 is 4.79 Å². The van der Waals surface area contributed by atoms with Crippen molar-refractivity contribution in [1.82, 2.24) is 10.9 Å². The molecule has 0 aromatic heterocycles. The Morgan fingerprint density at radius 2 is 1.48 bits per heavy atom. The van der Waals surface area contributed by atoms with E-state index < -0.39 is 0 Å². The average molecular weight is 386 g/mol. The number of hydrazine groups is 1. The van der Waals surface area contributed by atoms with Crippen molar-refractivity contribution in [3.05, 3.63) is 96.1 Å². The lowest BCUT2D eigenvalue weighted by atomic mass is 10.0. The Balaban J connectivity index is 1.31. The third-order valence-corrected chi connectivity index (χ3v) is 5.26. The largest absolute Gasteiger partial charge is 0.379 e. The van der Waals surface area contributed by atoms with Crippen molar-refractivity contribution in [3.63, 3.8) is 0 Å². The van der Waals surface area contributed by atoms with Crippen LogP contribution in [0.5, 0.6) is 0 Å². The number of amides is 1. The third kappa shape index (κ3) is 4.83.